The van der Waals surface area contributed by atoms with Gasteiger partial charge in [-0.15, -0.1) is 0 Å². The van der Waals surface area contributed by atoms with Gasteiger partial charge in [-0.05, 0) is 38.9 Å². The van der Waals surface area contributed by atoms with E-state index < -0.39 is 10.0 Å². The third-order valence-corrected chi connectivity index (χ3v) is 3.67. The Bertz CT molecular complexity index is 315. The van der Waals surface area contributed by atoms with Crippen LogP contribution in [0.5, 0.6) is 0 Å². The number of rotatable bonds is 9. The van der Waals surface area contributed by atoms with Crippen LogP contribution in [0.4, 0.5) is 0 Å². The van der Waals surface area contributed by atoms with E-state index in [0.29, 0.717) is 19.6 Å². The van der Waals surface area contributed by atoms with Gasteiger partial charge < -0.3 is 15.3 Å². The molecule has 1 unspecified atom stereocenters. The second kappa shape index (κ2) is 8.06. The van der Waals surface area contributed by atoms with E-state index in [1.54, 1.807) is 0 Å². The molecule has 0 bridgehead atoms. The number of aliphatic hydroxyl groups excluding tert-OH is 1. The first-order valence-electron chi connectivity index (χ1n) is 6.53. The first-order chi connectivity index (χ1) is 8.47. The van der Waals surface area contributed by atoms with Gasteiger partial charge in [0.1, 0.15) is 0 Å². The molecule has 1 atom stereocenters. The second-order valence-corrected chi connectivity index (χ2v) is 6.72. The maximum atomic E-state index is 10.8. The zero-order chi connectivity index (χ0) is 13.4. The van der Waals surface area contributed by atoms with Crippen LogP contribution in [-0.4, -0.2) is 70.1 Å². The summed E-state index contributed by atoms with van der Waals surface area (Å²) in [4.78, 5) is 2.28. The average molecular weight is 279 g/mol. The highest BCUT2D eigenvalue weighted by atomic mass is 32.2. The van der Waals surface area contributed by atoms with Crippen LogP contribution in [0.3, 0.4) is 0 Å². The predicted octanol–water partition coefficient (Wildman–Crippen LogP) is -1.03. The molecular weight excluding hydrogens is 254 g/mol. The Balaban J connectivity index is 1.93. The molecule has 108 valence electrons. The van der Waals surface area contributed by atoms with Gasteiger partial charge in [0.25, 0.3) is 0 Å². The van der Waals surface area contributed by atoms with E-state index in [0.717, 1.165) is 32.3 Å². The Morgan fingerprint density at radius 3 is 2.56 bits per heavy atom. The van der Waals surface area contributed by atoms with Crippen LogP contribution in [0.15, 0.2) is 0 Å². The fourth-order valence-corrected chi connectivity index (χ4v) is 2.58. The molecule has 0 spiro atoms. The van der Waals surface area contributed by atoms with Crippen molar-refractivity contribution in [2.75, 3.05) is 45.5 Å². The van der Waals surface area contributed by atoms with Gasteiger partial charge in [0.15, 0.2) is 0 Å². The second-order valence-electron chi connectivity index (χ2n) is 4.89. The number of hydrogen-bond acceptors (Lipinski definition) is 5. The third-order valence-electron chi connectivity index (χ3n) is 2.94. The standard InChI is InChI=1S/C11H25N3O3S/c1-18(16,17)13-6-4-5-12-9-11(15)10-14-7-2-3-8-14/h11-13,15H,2-10H2,1H3. The normalized spacial score (nSPS) is 19.2. The molecule has 0 radical (unpaired) electrons. The summed E-state index contributed by atoms with van der Waals surface area (Å²) in [5.41, 5.74) is 0. The van der Waals surface area contributed by atoms with Crippen molar-refractivity contribution >= 4 is 10.0 Å². The maximum absolute atomic E-state index is 10.8. The number of likely N-dealkylation sites (tertiary alicyclic amines) is 1. The van der Waals surface area contributed by atoms with Gasteiger partial charge in [-0.3, -0.25) is 0 Å². The summed E-state index contributed by atoms with van der Waals surface area (Å²) in [6.07, 6.45) is 4.00. The molecule has 0 aromatic rings. The zero-order valence-electron chi connectivity index (χ0n) is 11.1. The minimum Gasteiger partial charge on any atom is -0.390 e. The van der Waals surface area contributed by atoms with E-state index >= 15 is 0 Å². The summed E-state index contributed by atoms with van der Waals surface area (Å²) in [5, 5.41) is 12.9. The van der Waals surface area contributed by atoms with Crippen LogP contribution < -0.4 is 10.0 Å². The number of sulfonamides is 1. The van der Waals surface area contributed by atoms with Crippen molar-refractivity contribution in [3.63, 3.8) is 0 Å². The van der Waals surface area contributed by atoms with Crippen LogP contribution in [0.25, 0.3) is 0 Å². The Morgan fingerprint density at radius 2 is 1.94 bits per heavy atom. The maximum Gasteiger partial charge on any atom is 0.208 e. The van der Waals surface area contributed by atoms with E-state index in [1.165, 1.54) is 12.8 Å². The molecule has 1 aliphatic heterocycles. The first kappa shape index (κ1) is 15.8. The molecule has 0 aliphatic carbocycles. The highest BCUT2D eigenvalue weighted by Gasteiger charge is 2.15. The van der Waals surface area contributed by atoms with E-state index in [9.17, 15) is 13.5 Å². The topological polar surface area (TPSA) is 81.7 Å². The van der Waals surface area contributed by atoms with E-state index in [1.807, 2.05) is 0 Å². The van der Waals surface area contributed by atoms with Gasteiger partial charge in [-0.1, -0.05) is 0 Å². The predicted molar refractivity (Wildman–Crippen MR) is 72.0 cm³/mol. The third kappa shape index (κ3) is 7.99. The van der Waals surface area contributed by atoms with Crippen molar-refractivity contribution in [3.05, 3.63) is 0 Å². The number of aliphatic hydroxyl groups is 1. The number of β-amino-alcohol motifs (C(OH)–C–C–N with tert-alkyl or cyclic N) is 1. The lowest BCUT2D eigenvalue weighted by atomic mass is 10.3. The number of nitrogens with one attached hydrogen (secondary N) is 2. The lowest BCUT2D eigenvalue weighted by Crippen LogP contribution is -2.37. The Hall–Kier alpha value is -0.210. The van der Waals surface area contributed by atoms with Crippen molar-refractivity contribution in [1.82, 2.24) is 14.9 Å². The smallest absolute Gasteiger partial charge is 0.208 e. The van der Waals surface area contributed by atoms with Gasteiger partial charge in [0.05, 0.1) is 12.4 Å². The van der Waals surface area contributed by atoms with Crippen molar-refractivity contribution in [2.45, 2.75) is 25.4 Å². The molecule has 0 saturated carbocycles. The summed E-state index contributed by atoms with van der Waals surface area (Å²) < 4.78 is 24.0. The zero-order valence-corrected chi connectivity index (χ0v) is 11.9. The summed E-state index contributed by atoms with van der Waals surface area (Å²) in [7, 11) is -3.08. The van der Waals surface area contributed by atoms with Gasteiger partial charge >= 0.3 is 0 Å². The Kier molecular flexibility index (Phi) is 7.10. The molecule has 1 rings (SSSR count). The van der Waals surface area contributed by atoms with Gasteiger partial charge in [0.2, 0.25) is 10.0 Å². The summed E-state index contributed by atoms with van der Waals surface area (Å²) in [5.74, 6) is 0. The van der Waals surface area contributed by atoms with Gasteiger partial charge in [-0.25, -0.2) is 13.1 Å². The van der Waals surface area contributed by atoms with Crippen molar-refractivity contribution in [3.8, 4) is 0 Å². The lowest BCUT2D eigenvalue weighted by Gasteiger charge is -2.19. The van der Waals surface area contributed by atoms with E-state index in [-0.39, 0.29) is 6.10 Å². The van der Waals surface area contributed by atoms with Crippen LogP contribution >= 0.6 is 0 Å². The lowest BCUT2D eigenvalue weighted by molar-refractivity contribution is 0.123. The molecule has 18 heavy (non-hydrogen) atoms. The molecule has 0 aromatic carbocycles. The minimum atomic E-state index is -3.08. The summed E-state index contributed by atoms with van der Waals surface area (Å²) >= 11 is 0. The van der Waals surface area contributed by atoms with Crippen LogP contribution in [0.2, 0.25) is 0 Å². The van der Waals surface area contributed by atoms with Gasteiger partial charge in [0, 0.05) is 19.6 Å². The molecule has 0 aromatic heterocycles. The summed E-state index contributed by atoms with van der Waals surface area (Å²) in [6, 6.07) is 0. The first-order valence-corrected chi connectivity index (χ1v) is 8.42. The molecular formula is C11H25N3O3S. The molecule has 7 heteroatoms. The van der Waals surface area contributed by atoms with E-state index in [4.69, 9.17) is 0 Å². The monoisotopic (exact) mass is 279 g/mol. The number of nitrogens with zero attached hydrogens (tertiary/aromatic N) is 1. The quantitative estimate of drug-likeness (QED) is 0.470. The minimum absolute atomic E-state index is 0.342. The Labute approximate surface area is 110 Å². The molecule has 1 aliphatic rings. The van der Waals surface area contributed by atoms with Crippen LogP contribution in [0.1, 0.15) is 19.3 Å². The van der Waals surface area contributed by atoms with Gasteiger partial charge in [-0.2, -0.15) is 0 Å². The highest BCUT2D eigenvalue weighted by molar-refractivity contribution is 7.88. The van der Waals surface area contributed by atoms with Crippen molar-refractivity contribution < 1.29 is 13.5 Å². The average Bonchev–Trinajstić information content (AvgIpc) is 2.74. The molecule has 1 fully saturated rings. The molecule has 3 N–H and O–H groups in total. The van der Waals surface area contributed by atoms with Crippen LogP contribution in [-0.2, 0) is 10.0 Å². The summed E-state index contributed by atoms with van der Waals surface area (Å²) in [6.45, 7) is 4.63. The molecule has 6 nitrogen and oxygen atoms in total. The fourth-order valence-electron chi connectivity index (χ4n) is 2.07. The van der Waals surface area contributed by atoms with Crippen molar-refractivity contribution in [1.29, 1.82) is 0 Å². The van der Waals surface area contributed by atoms with Crippen LogP contribution in [0, 0.1) is 0 Å². The largest absolute Gasteiger partial charge is 0.390 e. The fraction of sp³-hybridized carbons (Fsp3) is 1.00. The van der Waals surface area contributed by atoms with E-state index in [2.05, 4.69) is 14.9 Å². The SMILES string of the molecule is CS(=O)(=O)NCCCNCC(O)CN1CCCC1. The van der Waals surface area contributed by atoms with Crippen molar-refractivity contribution in [2.24, 2.45) is 0 Å². The molecule has 1 heterocycles. The Morgan fingerprint density at radius 1 is 1.28 bits per heavy atom. The molecule has 0 amide bonds. The molecule has 1 saturated heterocycles. The highest BCUT2D eigenvalue weighted by Crippen LogP contribution is 2.07. The number of hydrogen-bond donors (Lipinski definition) is 3.